The zero-order chi connectivity index (χ0) is 31.7. The number of anilines is 2. The molecule has 0 unspecified atom stereocenters. The molecule has 12 nitrogen and oxygen atoms in total. The van der Waals surface area contributed by atoms with Crippen molar-refractivity contribution in [2.45, 2.75) is 38.4 Å². The summed E-state index contributed by atoms with van der Waals surface area (Å²) in [6.07, 6.45) is 5.49. The van der Waals surface area contributed by atoms with Gasteiger partial charge in [0.15, 0.2) is 23.0 Å². The van der Waals surface area contributed by atoms with Crippen molar-refractivity contribution in [3.63, 3.8) is 0 Å². The third kappa shape index (κ3) is 6.34. The van der Waals surface area contributed by atoms with E-state index < -0.39 is 17.3 Å². The molecule has 2 N–H and O–H groups in total. The molecule has 45 heavy (non-hydrogen) atoms. The minimum Gasteiger partial charge on any atom is -0.493 e. The zero-order valence-electron chi connectivity index (χ0n) is 25.0. The van der Waals surface area contributed by atoms with Crippen molar-refractivity contribution in [2.24, 2.45) is 0 Å². The monoisotopic (exact) mass is 613 g/mol. The molecule has 0 radical (unpaired) electrons. The second kappa shape index (κ2) is 12.0. The number of carbonyl (C=O) groups is 1. The van der Waals surface area contributed by atoms with Crippen LogP contribution in [0.3, 0.4) is 0 Å². The number of hydrogen-bond acceptors (Lipinski definition) is 10. The van der Waals surface area contributed by atoms with Crippen LogP contribution < -0.4 is 19.5 Å². The number of aliphatic hydroxyl groups is 1. The highest BCUT2D eigenvalue weighted by Gasteiger charge is 2.27. The lowest BCUT2D eigenvalue weighted by molar-refractivity contribution is -0.130. The smallest absolute Gasteiger partial charge is 0.281 e. The van der Waals surface area contributed by atoms with Crippen LogP contribution in [0.1, 0.15) is 32.3 Å². The first-order valence-electron chi connectivity index (χ1n) is 14.3. The Morgan fingerprint density at radius 2 is 1.82 bits per heavy atom. The summed E-state index contributed by atoms with van der Waals surface area (Å²) in [4.78, 5) is 26.5. The van der Waals surface area contributed by atoms with Crippen LogP contribution in [-0.2, 0) is 10.4 Å². The van der Waals surface area contributed by atoms with Crippen molar-refractivity contribution >= 4 is 34.0 Å². The highest BCUT2D eigenvalue weighted by Crippen LogP contribution is 2.39. The Labute approximate surface area is 258 Å². The first-order valence-corrected chi connectivity index (χ1v) is 14.3. The molecule has 2 aromatic carbocycles. The molecule has 232 valence electrons. The molecule has 0 spiro atoms. The second-order valence-corrected chi connectivity index (χ2v) is 11.2. The average Bonchev–Trinajstić information content (AvgIpc) is 3.49. The molecule has 4 heterocycles. The van der Waals surface area contributed by atoms with Crippen molar-refractivity contribution < 1.29 is 28.5 Å². The summed E-state index contributed by atoms with van der Waals surface area (Å²) in [5, 5.41) is 19.2. The van der Waals surface area contributed by atoms with Crippen molar-refractivity contribution in [3.8, 4) is 23.0 Å². The summed E-state index contributed by atoms with van der Waals surface area (Å²) in [5.74, 6) is 0.910. The van der Waals surface area contributed by atoms with E-state index in [0.29, 0.717) is 82.5 Å². The van der Waals surface area contributed by atoms with Gasteiger partial charge in [-0.3, -0.25) is 4.79 Å². The molecule has 0 atom stereocenters. The number of likely N-dealkylation sites (tertiary alicyclic amines) is 1. The van der Waals surface area contributed by atoms with Crippen molar-refractivity contribution in [2.75, 3.05) is 25.5 Å². The highest BCUT2D eigenvalue weighted by atomic mass is 19.1. The minimum atomic E-state index is -1.23. The Morgan fingerprint density at radius 3 is 2.56 bits per heavy atom. The van der Waals surface area contributed by atoms with E-state index in [-0.39, 0.29) is 6.10 Å². The third-order valence-corrected chi connectivity index (χ3v) is 7.57. The van der Waals surface area contributed by atoms with E-state index in [1.54, 1.807) is 68.1 Å². The van der Waals surface area contributed by atoms with Gasteiger partial charge in [-0.1, -0.05) is 6.58 Å². The van der Waals surface area contributed by atoms with Crippen molar-refractivity contribution in [1.29, 1.82) is 0 Å². The molecule has 1 aliphatic heterocycles. The van der Waals surface area contributed by atoms with Gasteiger partial charge in [-0.25, -0.2) is 23.9 Å². The lowest BCUT2D eigenvalue weighted by atomic mass is 9.96. The number of fused-ring (bicyclic) bond motifs is 2. The van der Waals surface area contributed by atoms with E-state index in [1.165, 1.54) is 17.6 Å². The number of benzene rings is 2. The number of hydrogen-bond donors (Lipinski definition) is 2. The lowest BCUT2D eigenvalue weighted by Gasteiger charge is -2.32. The molecule has 1 saturated heterocycles. The summed E-state index contributed by atoms with van der Waals surface area (Å²) in [6, 6.07) is 12.5. The van der Waals surface area contributed by atoms with Crippen LogP contribution in [0.2, 0.25) is 0 Å². The predicted molar refractivity (Wildman–Crippen MR) is 165 cm³/mol. The van der Waals surface area contributed by atoms with Crippen LogP contribution in [0.5, 0.6) is 23.0 Å². The molecule has 5 aromatic rings. The number of aromatic nitrogens is 5. The summed E-state index contributed by atoms with van der Waals surface area (Å²) in [6.45, 7) is 7.20. The van der Waals surface area contributed by atoms with Crippen LogP contribution in [0.25, 0.3) is 16.6 Å². The molecular formula is C32H32FN7O5. The topological polar surface area (TPSA) is 136 Å². The van der Waals surface area contributed by atoms with E-state index in [2.05, 4.69) is 31.9 Å². The van der Waals surface area contributed by atoms with Crippen LogP contribution in [0.4, 0.5) is 15.9 Å². The summed E-state index contributed by atoms with van der Waals surface area (Å²) in [5.41, 5.74) is 1.23. The Bertz CT molecular complexity index is 1900. The Balaban J connectivity index is 1.27. The summed E-state index contributed by atoms with van der Waals surface area (Å²) in [7, 11) is 1.55. The molecule has 1 amide bonds. The largest absolute Gasteiger partial charge is 0.493 e. The molecule has 6 rings (SSSR count). The number of halogens is 1. The van der Waals surface area contributed by atoms with E-state index in [0.717, 1.165) is 0 Å². The van der Waals surface area contributed by atoms with Gasteiger partial charge in [-0.05, 0) is 44.2 Å². The fraction of sp³-hybridized carbons (Fsp3) is 0.281. The van der Waals surface area contributed by atoms with Crippen LogP contribution in [-0.4, -0.2) is 66.8 Å². The number of ether oxygens (including phenoxy) is 3. The number of nitrogens with zero attached hydrogens (tertiary/aromatic N) is 6. The number of amides is 1. The molecule has 13 heteroatoms. The van der Waals surface area contributed by atoms with Gasteiger partial charge in [-0.2, -0.15) is 5.10 Å². The van der Waals surface area contributed by atoms with Gasteiger partial charge in [0.25, 0.3) is 5.91 Å². The number of methoxy groups -OCH3 is 1. The Morgan fingerprint density at radius 1 is 1.04 bits per heavy atom. The van der Waals surface area contributed by atoms with E-state index in [4.69, 9.17) is 14.2 Å². The number of carbonyl (C=O) groups excluding carboxylic acids is 1. The molecule has 3 aromatic heterocycles. The van der Waals surface area contributed by atoms with Crippen molar-refractivity contribution in [1.82, 2.24) is 29.5 Å². The normalized spacial score (nSPS) is 14.0. The highest BCUT2D eigenvalue weighted by molar-refractivity contribution is 5.93. The molecule has 0 bridgehead atoms. The van der Waals surface area contributed by atoms with E-state index in [9.17, 15) is 14.3 Å². The van der Waals surface area contributed by atoms with Gasteiger partial charge in [0.05, 0.1) is 18.2 Å². The zero-order valence-corrected chi connectivity index (χ0v) is 25.0. The Kier molecular flexibility index (Phi) is 7.94. The van der Waals surface area contributed by atoms with Gasteiger partial charge in [0.1, 0.15) is 36.1 Å². The molecule has 1 aliphatic rings. The van der Waals surface area contributed by atoms with Gasteiger partial charge in [0, 0.05) is 60.9 Å². The number of nitrogens with one attached hydrogen (secondary N) is 1. The predicted octanol–water partition coefficient (Wildman–Crippen LogP) is 5.30. The van der Waals surface area contributed by atoms with E-state index >= 15 is 0 Å². The fourth-order valence-corrected chi connectivity index (χ4v) is 5.27. The fourth-order valence-electron chi connectivity index (χ4n) is 5.27. The van der Waals surface area contributed by atoms with Crippen molar-refractivity contribution in [3.05, 3.63) is 79.3 Å². The quantitative estimate of drug-likeness (QED) is 0.211. The van der Waals surface area contributed by atoms with Crippen LogP contribution >= 0.6 is 0 Å². The van der Waals surface area contributed by atoms with Crippen LogP contribution in [0.15, 0.2) is 73.7 Å². The van der Waals surface area contributed by atoms with Gasteiger partial charge in [-0.15, -0.1) is 0 Å². The maximum atomic E-state index is 13.3. The Hall–Kier alpha value is -5.30. The summed E-state index contributed by atoms with van der Waals surface area (Å²) >= 11 is 0. The second-order valence-electron chi connectivity index (χ2n) is 11.2. The average molecular weight is 614 g/mol. The standard InChI is InChI=1S/C32H32FN7O5/c1-19(33)31(41)39-10-7-20(8-11-39)45-28-15-23-26(16-27(28)43-4)34-17-36-30(23)38-25-6-5-21(13-24(25)32(2,3)42)44-22-9-12-40-29(14-22)35-18-37-40/h5-6,9,12-18,20,42H,1,7-8,10-11H2,2-4H3,(H,34,36,38). The maximum absolute atomic E-state index is 13.3. The van der Waals surface area contributed by atoms with Gasteiger partial charge >= 0.3 is 0 Å². The molecule has 0 saturated carbocycles. The number of pyridine rings is 1. The lowest BCUT2D eigenvalue weighted by Crippen LogP contribution is -2.41. The number of piperidine rings is 1. The molecule has 1 fully saturated rings. The third-order valence-electron chi connectivity index (χ3n) is 7.57. The summed E-state index contributed by atoms with van der Waals surface area (Å²) < 4.78 is 33.0. The van der Waals surface area contributed by atoms with Gasteiger partial charge in [0.2, 0.25) is 0 Å². The number of rotatable bonds is 9. The maximum Gasteiger partial charge on any atom is 0.281 e. The van der Waals surface area contributed by atoms with E-state index in [1.807, 2.05) is 6.07 Å². The molecular weight excluding hydrogens is 581 g/mol. The molecule has 0 aliphatic carbocycles. The van der Waals surface area contributed by atoms with Crippen LogP contribution in [0, 0.1) is 0 Å². The first-order chi connectivity index (χ1) is 21.6. The minimum absolute atomic E-state index is 0.214. The first kappa shape index (κ1) is 29.8. The van der Waals surface area contributed by atoms with Gasteiger partial charge < -0.3 is 29.5 Å². The SMILES string of the molecule is C=C(F)C(=O)N1CCC(Oc2cc3c(Nc4ccc(Oc5ccn6ncnc6c5)cc4C(C)(C)O)ncnc3cc2OC)CC1.